The summed E-state index contributed by atoms with van der Waals surface area (Å²) < 4.78 is 1.96. The van der Waals surface area contributed by atoms with E-state index < -0.39 is 0 Å². The van der Waals surface area contributed by atoms with Gasteiger partial charge in [0, 0.05) is 5.56 Å². The van der Waals surface area contributed by atoms with Crippen LogP contribution in [0.2, 0.25) is 0 Å². The molecule has 3 nitrogen and oxygen atoms in total. The number of aryl methyl sites for hydroxylation is 1. The summed E-state index contributed by atoms with van der Waals surface area (Å²) >= 11 is 5.24. The van der Waals surface area contributed by atoms with E-state index in [1.165, 1.54) is 4.57 Å². The van der Waals surface area contributed by atoms with Gasteiger partial charge in [0.15, 0.2) is 4.77 Å². The number of hydrogen-bond acceptors (Lipinski definition) is 2. The average molecular weight is 268 g/mol. The van der Waals surface area contributed by atoms with Crippen molar-refractivity contribution in [3.63, 3.8) is 0 Å². The number of benzene rings is 2. The maximum Gasteiger partial charge on any atom is 0.264 e. The lowest BCUT2D eigenvalue weighted by Gasteiger charge is -2.03. The molecular formula is C15H12N2OS. The molecule has 1 heterocycles. The van der Waals surface area contributed by atoms with Crippen molar-refractivity contribution >= 4 is 29.2 Å². The summed E-state index contributed by atoms with van der Waals surface area (Å²) in [6.07, 6.45) is 0. The Hall–Kier alpha value is -2.20. The second kappa shape index (κ2) is 4.48. The highest BCUT2D eigenvalue weighted by Crippen LogP contribution is 2.16. The van der Waals surface area contributed by atoms with Crippen molar-refractivity contribution in [1.82, 2.24) is 9.55 Å². The Morgan fingerprint density at radius 3 is 2.53 bits per heavy atom. The number of aromatic nitrogens is 2. The van der Waals surface area contributed by atoms with Gasteiger partial charge in [-0.25, -0.2) is 0 Å². The van der Waals surface area contributed by atoms with Gasteiger partial charge in [-0.15, -0.1) is 0 Å². The second-order valence-corrected chi connectivity index (χ2v) is 4.84. The van der Waals surface area contributed by atoms with Gasteiger partial charge in [0.05, 0.1) is 11.0 Å². The van der Waals surface area contributed by atoms with Crippen LogP contribution in [0.1, 0.15) is 15.9 Å². The molecule has 1 N–H and O–H groups in total. The molecule has 1 aromatic heterocycles. The Labute approximate surface area is 115 Å². The predicted molar refractivity (Wildman–Crippen MR) is 78.0 cm³/mol. The molecule has 94 valence electrons. The average Bonchev–Trinajstić information content (AvgIpc) is 2.74. The van der Waals surface area contributed by atoms with Gasteiger partial charge in [0.25, 0.3) is 5.91 Å². The Morgan fingerprint density at radius 2 is 1.79 bits per heavy atom. The zero-order valence-corrected chi connectivity index (χ0v) is 11.2. The molecule has 3 rings (SSSR count). The molecule has 0 aliphatic rings. The van der Waals surface area contributed by atoms with Crippen molar-refractivity contribution in [1.29, 1.82) is 0 Å². The maximum absolute atomic E-state index is 12.5. The van der Waals surface area contributed by atoms with Crippen molar-refractivity contribution in [2.24, 2.45) is 0 Å². The van der Waals surface area contributed by atoms with Crippen molar-refractivity contribution in [2.45, 2.75) is 6.92 Å². The fourth-order valence-electron chi connectivity index (χ4n) is 2.08. The Morgan fingerprint density at radius 1 is 1.11 bits per heavy atom. The first kappa shape index (κ1) is 11.9. The standard InChI is InChI=1S/C15H12N2OS/c1-10-6-8-11(9-7-10)14(18)17-13-5-3-2-4-12(13)16-15(17)19/h2-9H,1H3,(H,16,19). The van der Waals surface area contributed by atoms with Gasteiger partial charge in [-0.05, 0) is 43.4 Å². The summed E-state index contributed by atoms with van der Waals surface area (Å²) in [5, 5.41) is 0. The molecule has 0 saturated heterocycles. The van der Waals surface area contributed by atoms with E-state index in [0.717, 1.165) is 16.6 Å². The summed E-state index contributed by atoms with van der Waals surface area (Å²) in [7, 11) is 0. The molecule has 0 bridgehead atoms. The van der Waals surface area contributed by atoms with Crippen LogP contribution in [-0.4, -0.2) is 15.5 Å². The van der Waals surface area contributed by atoms with Crippen LogP contribution in [0.15, 0.2) is 48.5 Å². The van der Waals surface area contributed by atoms with Crippen molar-refractivity contribution in [3.05, 3.63) is 64.4 Å². The molecule has 4 heteroatoms. The summed E-state index contributed by atoms with van der Waals surface area (Å²) in [5.74, 6) is -0.109. The van der Waals surface area contributed by atoms with Gasteiger partial charge in [-0.3, -0.25) is 9.36 Å². The number of nitrogens with one attached hydrogen (secondary N) is 1. The van der Waals surface area contributed by atoms with Crippen LogP contribution in [0.25, 0.3) is 11.0 Å². The molecule has 0 fully saturated rings. The van der Waals surface area contributed by atoms with E-state index in [9.17, 15) is 4.79 Å². The van der Waals surface area contributed by atoms with Gasteiger partial charge in [0.2, 0.25) is 0 Å². The van der Waals surface area contributed by atoms with E-state index in [0.29, 0.717) is 10.3 Å². The number of para-hydroxylation sites is 2. The summed E-state index contributed by atoms with van der Waals surface area (Å²) in [6, 6.07) is 15.1. The fraction of sp³-hybridized carbons (Fsp3) is 0.0667. The highest BCUT2D eigenvalue weighted by Gasteiger charge is 2.13. The molecule has 2 aromatic carbocycles. The summed E-state index contributed by atoms with van der Waals surface area (Å²) in [5.41, 5.74) is 3.43. The van der Waals surface area contributed by atoms with Crippen molar-refractivity contribution in [3.8, 4) is 0 Å². The van der Waals surface area contributed by atoms with Gasteiger partial charge in [0.1, 0.15) is 0 Å². The topological polar surface area (TPSA) is 37.8 Å². The van der Waals surface area contributed by atoms with Crippen LogP contribution in [0.3, 0.4) is 0 Å². The molecule has 0 saturated carbocycles. The highest BCUT2D eigenvalue weighted by atomic mass is 32.1. The highest BCUT2D eigenvalue weighted by molar-refractivity contribution is 7.71. The lowest BCUT2D eigenvalue weighted by Crippen LogP contribution is -2.11. The molecular weight excluding hydrogens is 256 g/mol. The number of fused-ring (bicyclic) bond motifs is 1. The number of carbonyl (C=O) groups excluding carboxylic acids is 1. The minimum atomic E-state index is -0.109. The Balaban J connectivity index is 2.19. The van der Waals surface area contributed by atoms with E-state index >= 15 is 0 Å². The fourth-order valence-corrected chi connectivity index (χ4v) is 2.37. The quantitative estimate of drug-likeness (QED) is 0.683. The first-order chi connectivity index (χ1) is 9.16. The number of nitrogens with zero attached hydrogens (tertiary/aromatic N) is 1. The number of imidazole rings is 1. The van der Waals surface area contributed by atoms with Crippen LogP contribution < -0.4 is 0 Å². The van der Waals surface area contributed by atoms with Crippen LogP contribution >= 0.6 is 12.2 Å². The summed E-state index contributed by atoms with van der Waals surface area (Å²) in [4.78, 5) is 15.6. The normalized spacial score (nSPS) is 10.8. The Kier molecular flexibility index (Phi) is 2.80. The van der Waals surface area contributed by atoms with E-state index in [-0.39, 0.29) is 5.91 Å². The van der Waals surface area contributed by atoms with Gasteiger partial charge in [-0.1, -0.05) is 29.8 Å². The molecule has 19 heavy (non-hydrogen) atoms. The van der Waals surface area contributed by atoms with Gasteiger partial charge >= 0.3 is 0 Å². The third kappa shape index (κ3) is 2.00. The number of H-pyrrole nitrogens is 1. The molecule has 0 spiro atoms. The molecule has 0 amide bonds. The smallest absolute Gasteiger partial charge is 0.264 e. The van der Waals surface area contributed by atoms with Crippen LogP contribution in [-0.2, 0) is 0 Å². The van der Waals surface area contributed by atoms with Crippen molar-refractivity contribution < 1.29 is 4.79 Å². The van der Waals surface area contributed by atoms with Crippen molar-refractivity contribution in [2.75, 3.05) is 0 Å². The SMILES string of the molecule is Cc1ccc(C(=O)n2c(=S)[nH]c3ccccc32)cc1. The third-order valence-electron chi connectivity index (χ3n) is 3.09. The largest absolute Gasteiger partial charge is 0.330 e. The van der Waals surface area contributed by atoms with Crippen LogP contribution in [0, 0.1) is 11.7 Å². The third-order valence-corrected chi connectivity index (χ3v) is 3.38. The first-order valence-corrected chi connectivity index (χ1v) is 6.39. The lowest BCUT2D eigenvalue weighted by atomic mass is 10.1. The number of aromatic amines is 1. The predicted octanol–water partition coefficient (Wildman–Crippen LogP) is 3.70. The van der Waals surface area contributed by atoms with Crippen LogP contribution in [0.5, 0.6) is 0 Å². The molecule has 0 aliphatic carbocycles. The molecule has 0 aliphatic heterocycles. The second-order valence-electron chi connectivity index (χ2n) is 4.45. The first-order valence-electron chi connectivity index (χ1n) is 5.98. The van der Waals surface area contributed by atoms with E-state index in [1.807, 2.05) is 55.5 Å². The van der Waals surface area contributed by atoms with Crippen LogP contribution in [0.4, 0.5) is 0 Å². The zero-order valence-electron chi connectivity index (χ0n) is 10.4. The number of hydrogen-bond donors (Lipinski definition) is 1. The monoisotopic (exact) mass is 268 g/mol. The maximum atomic E-state index is 12.5. The molecule has 3 aromatic rings. The van der Waals surface area contributed by atoms with E-state index in [4.69, 9.17) is 12.2 Å². The minimum Gasteiger partial charge on any atom is -0.330 e. The minimum absolute atomic E-state index is 0.109. The summed E-state index contributed by atoms with van der Waals surface area (Å²) in [6.45, 7) is 1.99. The zero-order chi connectivity index (χ0) is 13.4. The van der Waals surface area contributed by atoms with Gasteiger partial charge < -0.3 is 4.98 Å². The van der Waals surface area contributed by atoms with Gasteiger partial charge in [-0.2, -0.15) is 0 Å². The van der Waals surface area contributed by atoms with E-state index in [2.05, 4.69) is 4.98 Å². The molecule has 0 atom stereocenters. The Bertz CT molecular complexity index is 812. The number of rotatable bonds is 1. The number of carbonyl (C=O) groups is 1. The molecule has 0 unspecified atom stereocenters. The lowest BCUT2D eigenvalue weighted by molar-refractivity contribution is 0.0963. The van der Waals surface area contributed by atoms with E-state index in [1.54, 1.807) is 0 Å². The molecule has 0 radical (unpaired) electrons.